The Morgan fingerprint density at radius 1 is 1.67 bits per heavy atom. The van der Waals surface area contributed by atoms with Crippen molar-refractivity contribution in [3.63, 3.8) is 0 Å². The van der Waals surface area contributed by atoms with E-state index in [0.29, 0.717) is 6.42 Å². The zero-order valence-electron chi connectivity index (χ0n) is 3.74. The first-order chi connectivity index (χ1) is 2.91. The summed E-state index contributed by atoms with van der Waals surface area (Å²) in [5.41, 5.74) is 0. The lowest BCUT2D eigenvalue weighted by Crippen LogP contribution is -1.70. The average Bonchev–Trinajstić information content (AvgIpc) is 1.61. The van der Waals surface area contributed by atoms with Crippen LogP contribution in [0, 0.1) is 6.92 Å². The minimum atomic E-state index is 0.545. The van der Waals surface area contributed by atoms with Crippen LogP contribution in [-0.2, 0) is 4.79 Å². The maximum Gasteiger partial charge on any atom is 0.198 e. The number of rotatable bonds is 3. The van der Waals surface area contributed by atoms with Crippen molar-refractivity contribution >= 4 is 6.29 Å². The molecule has 0 aliphatic heterocycles. The standard InChI is InChI=1S/C5H8O/c1-2-3-4-5-6/h1-4H2. The van der Waals surface area contributed by atoms with E-state index in [-0.39, 0.29) is 0 Å². The molecule has 0 aromatic heterocycles. The third-order valence-electron chi connectivity index (χ3n) is 0.529. The lowest BCUT2D eigenvalue weighted by Gasteiger charge is -1.77. The highest BCUT2D eigenvalue weighted by Gasteiger charge is 1.76. The van der Waals surface area contributed by atoms with Crippen molar-refractivity contribution in [2.45, 2.75) is 19.3 Å². The Kier molecular flexibility index (Phi) is 4.41. The molecular weight excluding hydrogens is 76.1 g/mol. The SMILES string of the molecule is [CH2]CCC[C]=O. The monoisotopic (exact) mass is 84.1 g/mol. The maximum absolute atomic E-state index is 9.41. The minimum Gasteiger partial charge on any atom is -0.291 e. The van der Waals surface area contributed by atoms with Crippen LogP contribution < -0.4 is 0 Å². The van der Waals surface area contributed by atoms with Crippen LogP contribution >= 0.6 is 0 Å². The molecule has 0 bridgehead atoms. The van der Waals surface area contributed by atoms with Gasteiger partial charge in [0.25, 0.3) is 0 Å². The van der Waals surface area contributed by atoms with Gasteiger partial charge in [-0.3, -0.25) is 4.79 Å². The molecular formula is C5H8O. The highest BCUT2D eigenvalue weighted by atomic mass is 16.1. The van der Waals surface area contributed by atoms with Crippen LogP contribution in [0.5, 0.6) is 0 Å². The summed E-state index contributed by atoms with van der Waals surface area (Å²) in [4.78, 5) is 9.41. The highest BCUT2D eigenvalue weighted by Crippen LogP contribution is 1.86. The molecule has 2 radical (unpaired) electrons. The van der Waals surface area contributed by atoms with E-state index in [1.54, 1.807) is 6.29 Å². The van der Waals surface area contributed by atoms with Gasteiger partial charge in [-0.25, -0.2) is 0 Å². The van der Waals surface area contributed by atoms with Crippen molar-refractivity contribution in [1.82, 2.24) is 0 Å². The van der Waals surface area contributed by atoms with Gasteiger partial charge in [-0.2, -0.15) is 0 Å². The van der Waals surface area contributed by atoms with Crippen LogP contribution in [0.2, 0.25) is 0 Å². The molecule has 0 spiro atoms. The Morgan fingerprint density at radius 3 is 2.50 bits per heavy atom. The van der Waals surface area contributed by atoms with Crippen LogP contribution in [0.3, 0.4) is 0 Å². The summed E-state index contributed by atoms with van der Waals surface area (Å²) in [5, 5.41) is 0. The van der Waals surface area contributed by atoms with Gasteiger partial charge in [-0.1, -0.05) is 13.3 Å². The zero-order valence-corrected chi connectivity index (χ0v) is 3.74. The summed E-state index contributed by atoms with van der Waals surface area (Å²) in [5.74, 6) is 0. The number of carbonyl (C=O) groups excluding carboxylic acids is 1. The molecule has 0 atom stereocenters. The van der Waals surface area contributed by atoms with Crippen LogP contribution in [-0.4, -0.2) is 6.29 Å². The lowest BCUT2D eigenvalue weighted by atomic mass is 10.3. The first-order valence-corrected chi connectivity index (χ1v) is 2.06. The molecule has 1 heteroatoms. The second kappa shape index (κ2) is 4.67. The van der Waals surface area contributed by atoms with E-state index < -0.39 is 0 Å². The van der Waals surface area contributed by atoms with Crippen molar-refractivity contribution in [2.24, 2.45) is 0 Å². The summed E-state index contributed by atoms with van der Waals surface area (Å²) in [7, 11) is 0. The molecule has 0 heterocycles. The third kappa shape index (κ3) is 3.67. The largest absolute Gasteiger partial charge is 0.291 e. The molecule has 0 fully saturated rings. The van der Waals surface area contributed by atoms with Crippen LogP contribution in [0.25, 0.3) is 0 Å². The predicted octanol–water partition coefficient (Wildman–Crippen LogP) is 1.10. The van der Waals surface area contributed by atoms with Crippen LogP contribution in [0.15, 0.2) is 0 Å². The summed E-state index contributed by atoms with van der Waals surface area (Å²) in [6, 6.07) is 0. The van der Waals surface area contributed by atoms with E-state index in [2.05, 4.69) is 6.92 Å². The van der Waals surface area contributed by atoms with Gasteiger partial charge in [-0.15, -0.1) is 0 Å². The van der Waals surface area contributed by atoms with Gasteiger partial charge in [-0.05, 0) is 6.42 Å². The molecule has 0 N–H and O–H groups in total. The minimum absolute atomic E-state index is 0.545. The fraction of sp³-hybridized carbons (Fsp3) is 0.600. The van der Waals surface area contributed by atoms with Crippen LogP contribution in [0.4, 0.5) is 0 Å². The van der Waals surface area contributed by atoms with Gasteiger partial charge < -0.3 is 0 Å². The zero-order chi connectivity index (χ0) is 4.83. The third-order valence-corrected chi connectivity index (χ3v) is 0.529. The number of hydrogen-bond acceptors (Lipinski definition) is 1. The van der Waals surface area contributed by atoms with Crippen LogP contribution in [0.1, 0.15) is 19.3 Å². The van der Waals surface area contributed by atoms with Crippen molar-refractivity contribution in [3.05, 3.63) is 6.92 Å². The highest BCUT2D eigenvalue weighted by molar-refractivity contribution is 5.50. The topological polar surface area (TPSA) is 17.1 Å². The first kappa shape index (κ1) is 5.67. The van der Waals surface area contributed by atoms with Crippen molar-refractivity contribution in [2.75, 3.05) is 0 Å². The summed E-state index contributed by atoms with van der Waals surface area (Å²) in [6.07, 6.45) is 4.04. The van der Waals surface area contributed by atoms with Gasteiger partial charge in [0.1, 0.15) is 0 Å². The normalized spacial score (nSPS) is 8.17. The van der Waals surface area contributed by atoms with E-state index in [1.165, 1.54) is 0 Å². The Hall–Kier alpha value is -0.330. The predicted molar refractivity (Wildman–Crippen MR) is 24.9 cm³/mol. The molecule has 0 aromatic rings. The van der Waals surface area contributed by atoms with E-state index in [1.807, 2.05) is 0 Å². The molecule has 1 nitrogen and oxygen atoms in total. The molecule has 0 aliphatic rings. The molecule has 0 saturated heterocycles. The fourth-order valence-electron chi connectivity index (χ4n) is 0.197. The van der Waals surface area contributed by atoms with Gasteiger partial charge in [0, 0.05) is 6.42 Å². The van der Waals surface area contributed by atoms with Gasteiger partial charge in [0.15, 0.2) is 6.29 Å². The second-order valence-corrected chi connectivity index (χ2v) is 1.10. The smallest absolute Gasteiger partial charge is 0.198 e. The lowest BCUT2D eigenvalue weighted by molar-refractivity contribution is 0.549. The Bertz CT molecular complexity index is 32.9. The fourth-order valence-corrected chi connectivity index (χ4v) is 0.197. The quantitative estimate of drug-likeness (QED) is 0.468. The van der Waals surface area contributed by atoms with E-state index in [0.717, 1.165) is 12.8 Å². The summed E-state index contributed by atoms with van der Waals surface area (Å²) >= 11 is 0. The summed E-state index contributed by atoms with van der Waals surface area (Å²) < 4.78 is 0. The molecule has 6 heavy (non-hydrogen) atoms. The molecule has 0 amide bonds. The number of unbranched alkanes of at least 4 members (excludes halogenated alkanes) is 2. The Morgan fingerprint density at radius 2 is 2.33 bits per heavy atom. The Balaban J connectivity index is 2.49. The number of hydrogen-bond donors (Lipinski definition) is 0. The van der Waals surface area contributed by atoms with E-state index >= 15 is 0 Å². The molecule has 0 rings (SSSR count). The molecule has 0 aromatic carbocycles. The first-order valence-electron chi connectivity index (χ1n) is 2.06. The van der Waals surface area contributed by atoms with Gasteiger partial charge in [0.2, 0.25) is 0 Å². The van der Waals surface area contributed by atoms with Crippen molar-refractivity contribution in [1.29, 1.82) is 0 Å². The molecule has 34 valence electrons. The molecule has 0 aliphatic carbocycles. The van der Waals surface area contributed by atoms with Gasteiger partial charge >= 0.3 is 0 Å². The van der Waals surface area contributed by atoms with Crippen molar-refractivity contribution < 1.29 is 4.79 Å². The van der Waals surface area contributed by atoms with E-state index in [9.17, 15) is 4.79 Å². The molecule has 0 saturated carbocycles. The van der Waals surface area contributed by atoms with E-state index in [4.69, 9.17) is 0 Å². The average molecular weight is 84.1 g/mol. The maximum atomic E-state index is 9.41. The summed E-state index contributed by atoms with van der Waals surface area (Å²) in [6.45, 7) is 3.54. The second-order valence-electron chi connectivity index (χ2n) is 1.10. The van der Waals surface area contributed by atoms with Crippen molar-refractivity contribution in [3.8, 4) is 0 Å². The molecule has 0 unspecified atom stereocenters. The van der Waals surface area contributed by atoms with Gasteiger partial charge in [0.05, 0.1) is 0 Å². The Labute approximate surface area is 38.4 Å².